The molecule has 0 atom stereocenters. The average molecular weight is 250 g/mol. The first-order valence-corrected chi connectivity index (χ1v) is 5.73. The Balaban J connectivity index is 1.90. The number of benzene rings is 1. The Bertz CT molecular complexity index is 738. The van der Waals surface area contributed by atoms with Crippen molar-refractivity contribution in [3.05, 3.63) is 36.9 Å². The SMILES string of the molecule is N#CCNc1ncc(-c2ccc3nc[nH]c3c2)cn1. The average Bonchev–Trinajstić information content (AvgIpc) is 2.93. The first-order chi connectivity index (χ1) is 9.36. The summed E-state index contributed by atoms with van der Waals surface area (Å²) < 4.78 is 0. The highest BCUT2D eigenvalue weighted by Crippen LogP contribution is 2.21. The molecular formula is C13H10N6. The number of nitrogens with one attached hydrogen (secondary N) is 2. The number of aromatic amines is 1. The van der Waals surface area contributed by atoms with Crippen LogP contribution in [0.25, 0.3) is 22.2 Å². The lowest BCUT2D eigenvalue weighted by molar-refractivity contribution is 1.12. The Morgan fingerprint density at radius 3 is 2.79 bits per heavy atom. The molecule has 2 N–H and O–H groups in total. The first kappa shape index (κ1) is 11.2. The summed E-state index contributed by atoms with van der Waals surface area (Å²) in [5.74, 6) is 0.452. The van der Waals surface area contributed by atoms with Gasteiger partial charge < -0.3 is 10.3 Å². The molecule has 2 aromatic heterocycles. The number of hydrogen-bond acceptors (Lipinski definition) is 5. The van der Waals surface area contributed by atoms with Crippen molar-refractivity contribution in [1.82, 2.24) is 19.9 Å². The Morgan fingerprint density at radius 2 is 2.00 bits per heavy atom. The molecule has 3 aromatic rings. The molecule has 0 spiro atoms. The van der Waals surface area contributed by atoms with E-state index in [-0.39, 0.29) is 6.54 Å². The largest absolute Gasteiger partial charge is 0.345 e. The number of aromatic nitrogens is 4. The molecule has 0 radical (unpaired) electrons. The minimum atomic E-state index is 0.194. The predicted molar refractivity (Wildman–Crippen MR) is 71.2 cm³/mol. The normalized spacial score (nSPS) is 10.3. The quantitative estimate of drug-likeness (QED) is 0.693. The maximum absolute atomic E-state index is 8.46. The van der Waals surface area contributed by atoms with Crippen LogP contribution in [0.2, 0.25) is 0 Å². The van der Waals surface area contributed by atoms with Crippen LogP contribution in [0.15, 0.2) is 36.9 Å². The van der Waals surface area contributed by atoms with Gasteiger partial charge in [-0.05, 0) is 17.7 Å². The number of fused-ring (bicyclic) bond motifs is 1. The zero-order valence-electron chi connectivity index (χ0n) is 9.96. The second-order valence-corrected chi connectivity index (χ2v) is 3.94. The van der Waals surface area contributed by atoms with E-state index in [1.165, 1.54) is 0 Å². The maximum Gasteiger partial charge on any atom is 0.223 e. The third-order valence-electron chi connectivity index (χ3n) is 2.73. The lowest BCUT2D eigenvalue weighted by Gasteiger charge is -2.03. The minimum absolute atomic E-state index is 0.194. The molecule has 0 aliphatic rings. The van der Waals surface area contributed by atoms with Gasteiger partial charge in [0.2, 0.25) is 5.95 Å². The van der Waals surface area contributed by atoms with Crippen molar-refractivity contribution in [1.29, 1.82) is 5.26 Å². The predicted octanol–water partition coefficient (Wildman–Crippen LogP) is 1.96. The number of imidazole rings is 1. The molecule has 0 aliphatic heterocycles. The number of nitrogens with zero attached hydrogens (tertiary/aromatic N) is 4. The lowest BCUT2D eigenvalue weighted by Crippen LogP contribution is -2.02. The Labute approximate surface area is 109 Å². The highest BCUT2D eigenvalue weighted by molar-refractivity contribution is 5.81. The summed E-state index contributed by atoms with van der Waals surface area (Å²) >= 11 is 0. The molecule has 1 aromatic carbocycles. The van der Waals surface area contributed by atoms with Crippen molar-refractivity contribution in [3.8, 4) is 17.2 Å². The zero-order valence-corrected chi connectivity index (χ0v) is 9.96. The molecule has 2 heterocycles. The molecule has 0 saturated carbocycles. The summed E-state index contributed by atoms with van der Waals surface area (Å²) in [4.78, 5) is 15.6. The van der Waals surface area contributed by atoms with Crippen LogP contribution >= 0.6 is 0 Å². The molecule has 0 unspecified atom stereocenters. The van der Waals surface area contributed by atoms with Crippen molar-refractivity contribution in [2.24, 2.45) is 0 Å². The molecule has 92 valence electrons. The molecule has 19 heavy (non-hydrogen) atoms. The lowest BCUT2D eigenvalue weighted by atomic mass is 10.1. The number of anilines is 1. The summed E-state index contributed by atoms with van der Waals surface area (Å²) in [5, 5.41) is 11.3. The summed E-state index contributed by atoms with van der Waals surface area (Å²) in [6, 6.07) is 7.90. The van der Waals surface area contributed by atoms with Crippen LogP contribution in [-0.2, 0) is 0 Å². The molecule has 6 nitrogen and oxygen atoms in total. The molecule has 3 rings (SSSR count). The fourth-order valence-electron chi connectivity index (χ4n) is 1.80. The number of rotatable bonds is 3. The van der Waals surface area contributed by atoms with Gasteiger partial charge in [0.25, 0.3) is 0 Å². The first-order valence-electron chi connectivity index (χ1n) is 5.73. The number of H-pyrrole nitrogens is 1. The highest BCUT2D eigenvalue weighted by Gasteiger charge is 2.03. The maximum atomic E-state index is 8.46. The Morgan fingerprint density at radius 1 is 1.16 bits per heavy atom. The summed E-state index contributed by atoms with van der Waals surface area (Å²) in [5.41, 5.74) is 3.84. The Kier molecular flexibility index (Phi) is 2.79. The van der Waals surface area contributed by atoms with Crippen molar-refractivity contribution < 1.29 is 0 Å². The van der Waals surface area contributed by atoms with Gasteiger partial charge in [-0.3, -0.25) is 0 Å². The van der Waals surface area contributed by atoms with Crippen LogP contribution in [0.4, 0.5) is 5.95 Å². The number of hydrogen-bond donors (Lipinski definition) is 2. The van der Waals surface area contributed by atoms with Crippen LogP contribution in [0.1, 0.15) is 0 Å². The van der Waals surface area contributed by atoms with Gasteiger partial charge in [-0.15, -0.1) is 0 Å². The van der Waals surface area contributed by atoms with Crippen LogP contribution in [0.5, 0.6) is 0 Å². The van der Waals surface area contributed by atoms with Gasteiger partial charge in [0.05, 0.1) is 23.4 Å². The van der Waals surface area contributed by atoms with Gasteiger partial charge in [-0.25, -0.2) is 15.0 Å². The van der Waals surface area contributed by atoms with E-state index in [2.05, 4.69) is 25.3 Å². The standard InChI is InChI=1S/C13H10N6/c14-3-4-15-13-16-6-10(7-17-13)9-1-2-11-12(5-9)19-8-18-11/h1-2,5-8H,4H2,(H,18,19)(H,15,16,17). The summed E-state index contributed by atoms with van der Waals surface area (Å²) in [6.07, 6.45) is 5.12. The van der Waals surface area contributed by atoms with Crippen LogP contribution in [0.3, 0.4) is 0 Å². The van der Waals surface area contributed by atoms with Gasteiger partial charge in [0, 0.05) is 18.0 Å². The van der Waals surface area contributed by atoms with Gasteiger partial charge in [-0.1, -0.05) is 6.07 Å². The van der Waals surface area contributed by atoms with Crippen molar-refractivity contribution in [3.63, 3.8) is 0 Å². The summed E-state index contributed by atoms with van der Waals surface area (Å²) in [6.45, 7) is 0.194. The molecule has 0 bridgehead atoms. The molecule has 0 aliphatic carbocycles. The van der Waals surface area contributed by atoms with Gasteiger partial charge in [-0.2, -0.15) is 5.26 Å². The molecule has 0 amide bonds. The summed E-state index contributed by atoms with van der Waals surface area (Å²) in [7, 11) is 0. The minimum Gasteiger partial charge on any atom is -0.345 e. The zero-order chi connectivity index (χ0) is 13.1. The van der Waals surface area contributed by atoms with E-state index in [0.29, 0.717) is 5.95 Å². The fraction of sp³-hybridized carbons (Fsp3) is 0.0769. The number of nitriles is 1. The topological polar surface area (TPSA) is 90.3 Å². The third kappa shape index (κ3) is 2.21. The van der Waals surface area contributed by atoms with Crippen molar-refractivity contribution in [2.45, 2.75) is 0 Å². The van der Waals surface area contributed by atoms with E-state index in [4.69, 9.17) is 5.26 Å². The van der Waals surface area contributed by atoms with E-state index < -0.39 is 0 Å². The van der Waals surface area contributed by atoms with E-state index in [1.54, 1.807) is 18.7 Å². The second-order valence-electron chi connectivity index (χ2n) is 3.94. The van der Waals surface area contributed by atoms with E-state index in [1.807, 2.05) is 24.3 Å². The van der Waals surface area contributed by atoms with E-state index >= 15 is 0 Å². The van der Waals surface area contributed by atoms with Crippen molar-refractivity contribution in [2.75, 3.05) is 11.9 Å². The van der Waals surface area contributed by atoms with E-state index in [0.717, 1.165) is 22.2 Å². The van der Waals surface area contributed by atoms with Gasteiger partial charge in [0.1, 0.15) is 6.54 Å². The van der Waals surface area contributed by atoms with Crippen molar-refractivity contribution >= 4 is 17.0 Å². The van der Waals surface area contributed by atoms with E-state index in [9.17, 15) is 0 Å². The molecule has 0 saturated heterocycles. The molecule has 6 heteroatoms. The monoisotopic (exact) mass is 250 g/mol. The van der Waals surface area contributed by atoms with Gasteiger partial charge in [0.15, 0.2) is 0 Å². The smallest absolute Gasteiger partial charge is 0.223 e. The molecule has 0 fully saturated rings. The third-order valence-corrected chi connectivity index (χ3v) is 2.73. The Hall–Kier alpha value is -2.94. The molecular weight excluding hydrogens is 240 g/mol. The second kappa shape index (κ2) is 4.74. The van der Waals surface area contributed by atoms with Crippen LogP contribution < -0.4 is 5.32 Å². The van der Waals surface area contributed by atoms with Gasteiger partial charge >= 0.3 is 0 Å². The fourth-order valence-corrected chi connectivity index (χ4v) is 1.80. The van der Waals surface area contributed by atoms with Crippen LogP contribution in [-0.4, -0.2) is 26.5 Å². The van der Waals surface area contributed by atoms with Crippen LogP contribution in [0, 0.1) is 11.3 Å². The highest BCUT2D eigenvalue weighted by atomic mass is 15.1.